The quantitative estimate of drug-likeness (QED) is 0.535. The van der Waals surface area contributed by atoms with Gasteiger partial charge in [-0.1, -0.05) is 6.08 Å². The van der Waals surface area contributed by atoms with Gasteiger partial charge in [0.1, 0.15) is 11.5 Å². The minimum Gasteiger partial charge on any atom is -0.508 e. The first-order chi connectivity index (χ1) is 7.75. The molecule has 16 heavy (non-hydrogen) atoms. The summed E-state index contributed by atoms with van der Waals surface area (Å²) in [6, 6.07) is 4.95. The Hall–Kier alpha value is -1.77. The second-order valence-corrected chi connectivity index (χ2v) is 4.24. The predicted octanol–water partition coefficient (Wildman–Crippen LogP) is 2.49. The summed E-state index contributed by atoms with van der Waals surface area (Å²) in [7, 11) is 0. The molecule has 0 spiro atoms. The molecule has 1 aromatic rings. The number of carbonyl (C=O) groups is 1. The van der Waals surface area contributed by atoms with Crippen molar-refractivity contribution in [3.63, 3.8) is 0 Å². The van der Waals surface area contributed by atoms with Gasteiger partial charge in [-0.05, 0) is 37.0 Å². The molecule has 0 saturated carbocycles. The van der Waals surface area contributed by atoms with E-state index in [1.807, 2.05) is 6.07 Å². The largest absolute Gasteiger partial charge is 0.508 e. The number of hydrogen-bond acceptors (Lipinski definition) is 3. The normalized spacial score (nSPS) is 22.9. The lowest BCUT2D eigenvalue weighted by Gasteiger charge is -2.29. The van der Waals surface area contributed by atoms with E-state index in [1.54, 1.807) is 6.07 Å². The molecule has 82 valence electrons. The Morgan fingerprint density at radius 2 is 2.25 bits per heavy atom. The number of phenols is 1. The van der Waals surface area contributed by atoms with Gasteiger partial charge in [-0.3, -0.25) is 4.79 Å². The molecule has 0 bridgehead atoms. The molecule has 3 heteroatoms. The van der Waals surface area contributed by atoms with Gasteiger partial charge in [-0.2, -0.15) is 0 Å². The van der Waals surface area contributed by atoms with Gasteiger partial charge in [0, 0.05) is 11.6 Å². The third kappa shape index (κ3) is 1.32. The Morgan fingerprint density at radius 1 is 1.38 bits per heavy atom. The van der Waals surface area contributed by atoms with E-state index >= 15 is 0 Å². The molecular formula is C13H12O3. The Labute approximate surface area is 93.4 Å². The molecule has 0 amide bonds. The summed E-state index contributed by atoms with van der Waals surface area (Å²) in [5.74, 6) is 0.311. The first-order valence-corrected chi connectivity index (χ1v) is 5.51. The van der Waals surface area contributed by atoms with Crippen LogP contribution in [0, 0.1) is 5.92 Å². The van der Waals surface area contributed by atoms with Gasteiger partial charge in [0.15, 0.2) is 0 Å². The van der Waals surface area contributed by atoms with Crippen molar-refractivity contribution in [3.8, 4) is 11.5 Å². The Balaban J connectivity index is 2.16. The Bertz CT molecular complexity index is 488. The maximum absolute atomic E-state index is 11.8. The van der Waals surface area contributed by atoms with Crippen molar-refractivity contribution in [2.45, 2.75) is 19.3 Å². The summed E-state index contributed by atoms with van der Waals surface area (Å²) in [6.07, 6.45) is 5.03. The number of esters is 1. The minimum atomic E-state index is -0.191. The highest BCUT2D eigenvalue weighted by atomic mass is 16.5. The molecule has 1 atom stereocenters. The molecule has 0 fully saturated rings. The van der Waals surface area contributed by atoms with Gasteiger partial charge in [-0.15, -0.1) is 0 Å². The zero-order valence-electron chi connectivity index (χ0n) is 8.77. The predicted molar refractivity (Wildman–Crippen MR) is 59.1 cm³/mol. The molecule has 0 saturated heterocycles. The summed E-state index contributed by atoms with van der Waals surface area (Å²) in [5, 5.41) is 9.36. The summed E-state index contributed by atoms with van der Waals surface area (Å²) < 4.78 is 5.24. The Morgan fingerprint density at radius 3 is 3.12 bits per heavy atom. The van der Waals surface area contributed by atoms with Crippen LogP contribution in [0.5, 0.6) is 11.5 Å². The zero-order chi connectivity index (χ0) is 11.1. The van der Waals surface area contributed by atoms with Crippen molar-refractivity contribution in [3.05, 3.63) is 29.8 Å². The Kier molecular flexibility index (Phi) is 1.99. The molecule has 0 aromatic heterocycles. The van der Waals surface area contributed by atoms with Crippen LogP contribution >= 0.6 is 0 Å². The number of phenolic OH excluding ortho intramolecular Hbond substituents is 1. The molecule has 3 nitrogen and oxygen atoms in total. The van der Waals surface area contributed by atoms with E-state index in [9.17, 15) is 9.90 Å². The van der Waals surface area contributed by atoms with Crippen molar-refractivity contribution in [2.75, 3.05) is 0 Å². The van der Waals surface area contributed by atoms with E-state index in [0.29, 0.717) is 5.75 Å². The molecule has 1 N–H and O–H groups in total. The topological polar surface area (TPSA) is 46.5 Å². The van der Waals surface area contributed by atoms with Crippen LogP contribution < -0.4 is 4.74 Å². The highest BCUT2D eigenvalue weighted by Gasteiger charge is 2.34. The van der Waals surface area contributed by atoms with Crippen molar-refractivity contribution < 1.29 is 14.6 Å². The van der Waals surface area contributed by atoms with Gasteiger partial charge < -0.3 is 9.84 Å². The lowest BCUT2D eigenvalue weighted by molar-refractivity contribution is -0.137. The van der Waals surface area contributed by atoms with Crippen molar-refractivity contribution >= 4 is 11.5 Å². The van der Waals surface area contributed by atoms with E-state index < -0.39 is 0 Å². The lowest BCUT2D eigenvalue weighted by Crippen LogP contribution is -2.28. The number of fused-ring (bicyclic) bond motifs is 3. The highest BCUT2D eigenvalue weighted by molar-refractivity contribution is 5.95. The van der Waals surface area contributed by atoms with E-state index in [2.05, 4.69) is 6.08 Å². The zero-order valence-corrected chi connectivity index (χ0v) is 8.77. The standard InChI is InChI=1S/C13H12O3/c14-8-5-6-10-9-3-1-2-4-11(9)13(15)16-12(10)7-8/h3,5-7,11,14H,1-2,4H2. The molecule has 3 rings (SSSR count). The maximum Gasteiger partial charge on any atom is 0.318 e. The molecule has 1 aromatic carbocycles. The van der Waals surface area contributed by atoms with E-state index in [1.165, 1.54) is 6.07 Å². The molecular weight excluding hydrogens is 204 g/mol. The van der Waals surface area contributed by atoms with Gasteiger partial charge in [0.2, 0.25) is 0 Å². The summed E-state index contributed by atoms with van der Waals surface area (Å²) in [4.78, 5) is 11.8. The van der Waals surface area contributed by atoms with E-state index in [0.717, 1.165) is 30.4 Å². The van der Waals surface area contributed by atoms with Crippen molar-refractivity contribution in [1.29, 1.82) is 0 Å². The minimum absolute atomic E-state index is 0.106. The number of benzene rings is 1. The molecule has 0 radical (unpaired) electrons. The molecule has 1 aliphatic heterocycles. The van der Waals surface area contributed by atoms with Crippen LogP contribution in [0.4, 0.5) is 0 Å². The summed E-state index contributed by atoms with van der Waals surface area (Å²) in [6.45, 7) is 0. The first kappa shape index (κ1) is 9.46. The average Bonchev–Trinajstić information content (AvgIpc) is 2.29. The van der Waals surface area contributed by atoms with Crippen LogP contribution in [0.1, 0.15) is 24.8 Å². The van der Waals surface area contributed by atoms with Crippen molar-refractivity contribution in [2.24, 2.45) is 5.92 Å². The summed E-state index contributed by atoms with van der Waals surface area (Å²) in [5.41, 5.74) is 2.01. The number of allylic oxidation sites excluding steroid dienone is 1. The SMILES string of the molecule is O=C1Oc2cc(O)ccc2C2=CCCCC12. The molecule has 1 heterocycles. The van der Waals surface area contributed by atoms with Gasteiger partial charge in [0.05, 0.1) is 5.92 Å². The van der Waals surface area contributed by atoms with Gasteiger partial charge >= 0.3 is 5.97 Å². The van der Waals surface area contributed by atoms with Gasteiger partial charge in [0.25, 0.3) is 0 Å². The number of aromatic hydroxyl groups is 1. The second kappa shape index (κ2) is 3.37. The monoisotopic (exact) mass is 216 g/mol. The van der Waals surface area contributed by atoms with Crippen LogP contribution in [0.2, 0.25) is 0 Å². The molecule has 1 aliphatic carbocycles. The lowest BCUT2D eigenvalue weighted by atomic mass is 9.82. The average molecular weight is 216 g/mol. The first-order valence-electron chi connectivity index (χ1n) is 5.51. The van der Waals surface area contributed by atoms with Crippen LogP contribution in [0.15, 0.2) is 24.3 Å². The third-order valence-corrected chi connectivity index (χ3v) is 3.21. The molecule has 1 unspecified atom stereocenters. The van der Waals surface area contributed by atoms with Crippen LogP contribution in [0.25, 0.3) is 5.57 Å². The van der Waals surface area contributed by atoms with E-state index in [-0.39, 0.29) is 17.6 Å². The fraction of sp³-hybridized carbons (Fsp3) is 0.308. The third-order valence-electron chi connectivity index (χ3n) is 3.21. The van der Waals surface area contributed by atoms with E-state index in [4.69, 9.17) is 4.74 Å². The van der Waals surface area contributed by atoms with Crippen molar-refractivity contribution in [1.82, 2.24) is 0 Å². The smallest absolute Gasteiger partial charge is 0.318 e. The molecule has 2 aliphatic rings. The van der Waals surface area contributed by atoms with Crippen LogP contribution in [0.3, 0.4) is 0 Å². The number of ether oxygens (including phenoxy) is 1. The number of rotatable bonds is 0. The van der Waals surface area contributed by atoms with Crippen LogP contribution in [-0.2, 0) is 4.79 Å². The number of carbonyl (C=O) groups excluding carboxylic acids is 1. The van der Waals surface area contributed by atoms with Gasteiger partial charge in [-0.25, -0.2) is 0 Å². The fourth-order valence-corrected chi connectivity index (χ4v) is 2.43. The maximum atomic E-state index is 11.8. The van der Waals surface area contributed by atoms with Crippen LogP contribution in [-0.4, -0.2) is 11.1 Å². The number of hydrogen-bond donors (Lipinski definition) is 1. The fourth-order valence-electron chi connectivity index (χ4n) is 2.43. The summed E-state index contributed by atoms with van der Waals surface area (Å²) >= 11 is 0. The highest BCUT2D eigenvalue weighted by Crippen LogP contribution is 2.42. The second-order valence-electron chi connectivity index (χ2n) is 4.24.